The highest BCUT2D eigenvalue weighted by Gasteiger charge is 2.27. The number of halogens is 1. The Morgan fingerprint density at radius 3 is 2.68 bits per heavy atom. The van der Waals surface area contributed by atoms with Gasteiger partial charge < -0.3 is 9.72 Å². The summed E-state index contributed by atoms with van der Waals surface area (Å²) in [5.41, 5.74) is 1.82. The van der Waals surface area contributed by atoms with Gasteiger partial charge >= 0.3 is 10.2 Å². The topological polar surface area (TPSA) is 128 Å². The molecule has 11 heteroatoms. The van der Waals surface area contributed by atoms with E-state index in [0.29, 0.717) is 46.6 Å². The zero-order valence-electron chi connectivity index (χ0n) is 19.8. The van der Waals surface area contributed by atoms with Gasteiger partial charge in [0, 0.05) is 42.0 Å². The third-order valence-corrected chi connectivity index (χ3v) is 7.84. The molecule has 1 aliphatic heterocycles. The quantitative estimate of drug-likeness (QED) is 0.352. The molecule has 2 aromatic carbocycles. The molecule has 188 valence electrons. The number of ketones is 1. The van der Waals surface area contributed by atoms with E-state index in [2.05, 4.69) is 20.8 Å². The standard InChI is InChI=1S/C26H22FN5O4S/c1-36-23-12-16(7-8-17(23)13-28)18-11-20-21(15-30-26(20)29-14-18)25(33)19-5-4-6-22(24(19)27)31-37(34,35)32-9-2-3-10-32/h4-8,11-12,14-15,31H,2-3,9-10H2,1H3,(H,29,30). The van der Waals surface area contributed by atoms with E-state index in [-0.39, 0.29) is 16.8 Å². The SMILES string of the molecule is COc1cc(-c2cnc3[nH]cc(C(=O)c4cccc(NS(=O)(=O)N5CCCC5)c4F)c3c2)ccc1C#N. The molecule has 1 aliphatic rings. The molecule has 0 aliphatic carbocycles. The number of carbonyl (C=O) groups is 1. The molecule has 1 fully saturated rings. The number of fused-ring (bicyclic) bond motifs is 1. The number of pyridine rings is 1. The number of aromatic nitrogens is 2. The average molecular weight is 520 g/mol. The lowest BCUT2D eigenvalue weighted by atomic mass is 9.99. The third kappa shape index (κ3) is 4.52. The summed E-state index contributed by atoms with van der Waals surface area (Å²) in [5.74, 6) is -1.17. The first kappa shape index (κ1) is 24.4. The fraction of sp³-hybridized carbons (Fsp3) is 0.192. The molecule has 5 rings (SSSR count). The van der Waals surface area contributed by atoms with Gasteiger partial charge in [0.1, 0.15) is 17.5 Å². The molecule has 1 saturated heterocycles. The van der Waals surface area contributed by atoms with Crippen LogP contribution in [-0.2, 0) is 10.2 Å². The highest BCUT2D eigenvalue weighted by atomic mass is 32.2. The van der Waals surface area contributed by atoms with E-state index in [0.717, 1.165) is 12.8 Å². The van der Waals surface area contributed by atoms with E-state index in [9.17, 15) is 18.5 Å². The molecule has 0 atom stereocenters. The lowest BCUT2D eigenvalue weighted by molar-refractivity contribution is 0.103. The van der Waals surface area contributed by atoms with Crippen LogP contribution in [0.4, 0.5) is 10.1 Å². The van der Waals surface area contributed by atoms with Crippen LogP contribution in [0.25, 0.3) is 22.2 Å². The van der Waals surface area contributed by atoms with Crippen molar-refractivity contribution in [2.24, 2.45) is 0 Å². The largest absolute Gasteiger partial charge is 0.495 e. The monoisotopic (exact) mass is 519 g/mol. The summed E-state index contributed by atoms with van der Waals surface area (Å²) in [7, 11) is -2.46. The van der Waals surface area contributed by atoms with Crippen molar-refractivity contribution in [3.05, 3.63) is 77.4 Å². The lowest BCUT2D eigenvalue weighted by Crippen LogP contribution is -2.33. The van der Waals surface area contributed by atoms with Crippen LogP contribution in [0.5, 0.6) is 5.75 Å². The smallest absolute Gasteiger partial charge is 0.301 e. The van der Waals surface area contributed by atoms with Gasteiger partial charge in [-0.15, -0.1) is 0 Å². The number of ether oxygens (including phenoxy) is 1. The Hall–Kier alpha value is -4.27. The number of rotatable bonds is 7. The van der Waals surface area contributed by atoms with Crippen molar-refractivity contribution >= 4 is 32.7 Å². The van der Waals surface area contributed by atoms with Crippen LogP contribution in [0.3, 0.4) is 0 Å². The third-order valence-electron chi connectivity index (χ3n) is 6.32. The van der Waals surface area contributed by atoms with Crippen molar-refractivity contribution in [2.75, 3.05) is 24.9 Å². The van der Waals surface area contributed by atoms with Gasteiger partial charge in [0.25, 0.3) is 0 Å². The molecule has 4 aromatic rings. The number of aromatic amines is 1. The maximum atomic E-state index is 15.4. The normalized spacial score (nSPS) is 14.0. The molecule has 37 heavy (non-hydrogen) atoms. The second-order valence-corrected chi connectivity index (χ2v) is 10.2. The Balaban J connectivity index is 1.50. The Morgan fingerprint density at radius 1 is 1.16 bits per heavy atom. The summed E-state index contributed by atoms with van der Waals surface area (Å²) >= 11 is 0. The van der Waals surface area contributed by atoms with E-state index in [1.165, 1.54) is 35.8 Å². The minimum absolute atomic E-state index is 0.184. The second-order valence-electron chi connectivity index (χ2n) is 8.56. The summed E-state index contributed by atoms with van der Waals surface area (Å²) in [4.78, 5) is 20.7. The fourth-order valence-electron chi connectivity index (χ4n) is 4.38. The molecule has 0 saturated carbocycles. The van der Waals surface area contributed by atoms with Crippen molar-refractivity contribution in [1.82, 2.24) is 14.3 Å². The van der Waals surface area contributed by atoms with E-state index in [1.807, 2.05) is 0 Å². The minimum Gasteiger partial charge on any atom is -0.495 e. The number of nitriles is 1. The van der Waals surface area contributed by atoms with Crippen LogP contribution in [-0.4, -0.2) is 48.7 Å². The number of hydrogen-bond acceptors (Lipinski definition) is 6. The molecule has 9 nitrogen and oxygen atoms in total. The van der Waals surface area contributed by atoms with Crippen molar-refractivity contribution in [2.45, 2.75) is 12.8 Å². The fourth-order valence-corrected chi connectivity index (χ4v) is 5.68. The summed E-state index contributed by atoms with van der Waals surface area (Å²) in [6.07, 6.45) is 4.55. The molecule has 0 spiro atoms. The Labute approximate surface area is 212 Å². The number of nitrogens with zero attached hydrogens (tertiary/aromatic N) is 3. The molecule has 0 radical (unpaired) electrons. The van der Waals surface area contributed by atoms with Gasteiger partial charge in [-0.1, -0.05) is 12.1 Å². The molecule has 0 amide bonds. The van der Waals surface area contributed by atoms with E-state index < -0.39 is 21.8 Å². The van der Waals surface area contributed by atoms with Crippen LogP contribution in [0.15, 0.2) is 54.9 Å². The molecule has 2 aromatic heterocycles. The number of anilines is 1. The van der Waals surface area contributed by atoms with E-state index >= 15 is 4.39 Å². The van der Waals surface area contributed by atoms with Gasteiger partial charge in [-0.05, 0) is 48.7 Å². The molecule has 0 unspecified atom stereocenters. The predicted molar refractivity (Wildman–Crippen MR) is 136 cm³/mol. The molecular formula is C26H22FN5O4S. The van der Waals surface area contributed by atoms with Gasteiger partial charge in [0.05, 0.1) is 23.9 Å². The van der Waals surface area contributed by atoms with Crippen LogP contribution in [0.1, 0.15) is 34.3 Å². The van der Waals surface area contributed by atoms with Crippen LogP contribution >= 0.6 is 0 Å². The highest BCUT2D eigenvalue weighted by molar-refractivity contribution is 7.90. The predicted octanol–water partition coefficient (Wildman–Crippen LogP) is 4.23. The van der Waals surface area contributed by atoms with Gasteiger partial charge in [0.15, 0.2) is 11.6 Å². The molecule has 3 heterocycles. The second kappa shape index (κ2) is 9.65. The average Bonchev–Trinajstić information content (AvgIpc) is 3.60. The van der Waals surface area contributed by atoms with Crippen molar-refractivity contribution in [3.63, 3.8) is 0 Å². The summed E-state index contributed by atoms with van der Waals surface area (Å²) in [6, 6.07) is 12.9. The molecule has 2 N–H and O–H groups in total. The highest BCUT2D eigenvalue weighted by Crippen LogP contribution is 2.31. The number of carbonyl (C=O) groups excluding carboxylic acids is 1. The van der Waals surface area contributed by atoms with Crippen LogP contribution < -0.4 is 9.46 Å². The zero-order valence-corrected chi connectivity index (χ0v) is 20.6. The zero-order chi connectivity index (χ0) is 26.2. The van der Waals surface area contributed by atoms with Gasteiger partial charge in [-0.25, -0.2) is 9.37 Å². The van der Waals surface area contributed by atoms with Gasteiger partial charge in [-0.2, -0.15) is 18.0 Å². The first-order valence-corrected chi connectivity index (χ1v) is 12.9. The minimum atomic E-state index is -3.93. The van der Waals surface area contributed by atoms with E-state index in [4.69, 9.17) is 4.74 Å². The van der Waals surface area contributed by atoms with Crippen LogP contribution in [0, 0.1) is 17.1 Å². The first-order chi connectivity index (χ1) is 17.8. The number of hydrogen-bond donors (Lipinski definition) is 2. The summed E-state index contributed by atoms with van der Waals surface area (Å²) in [6.45, 7) is 0.733. The van der Waals surface area contributed by atoms with Gasteiger partial charge in [0.2, 0.25) is 0 Å². The van der Waals surface area contributed by atoms with Crippen molar-refractivity contribution < 1.29 is 22.3 Å². The Morgan fingerprint density at radius 2 is 1.95 bits per heavy atom. The van der Waals surface area contributed by atoms with Gasteiger partial charge in [-0.3, -0.25) is 9.52 Å². The number of benzene rings is 2. The van der Waals surface area contributed by atoms with Crippen molar-refractivity contribution in [3.8, 4) is 22.9 Å². The maximum absolute atomic E-state index is 15.4. The number of H-pyrrole nitrogens is 1. The van der Waals surface area contributed by atoms with E-state index in [1.54, 1.807) is 30.5 Å². The van der Waals surface area contributed by atoms with Crippen LogP contribution in [0.2, 0.25) is 0 Å². The van der Waals surface area contributed by atoms with Crippen molar-refractivity contribution in [1.29, 1.82) is 5.26 Å². The summed E-state index contributed by atoms with van der Waals surface area (Å²) in [5, 5.41) is 9.70. The lowest BCUT2D eigenvalue weighted by Gasteiger charge is -2.17. The summed E-state index contributed by atoms with van der Waals surface area (Å²) < 4.78 is 49.5. The number of methoxy groups -OCH3 is 1. The number of nitrogens with one attached hydrogen (secondary N) is 2. The molecule has 0 bridgehead atoms. The Bertz CT molecular complexity index is 1670. The Kier molecular flexibility index (Phi) is 6.37. The maximum Gasteiger partial charge on any atom is 0.301 e. The molecular weight excluding hydrogens is 497 g/mol. The first-order valence-electron chi connectivity index (χ1n) is 11.5.